The monoisotopic (exact) mass is 411 g/mol. The number of ether oxygens (including phenoxy) is 1. The zero-order valence-corrected chi connectivity index (χ0v) is 18.1. The van der Waals surface area contributed by atoms with Gasteiger partial charge in [0.25, 0.3) is 0 Å². The average molecular weight is 412 g/mol. The predicted molar refractivity (Wildman–Crippen MR) is 116 cm³/mol. The Morgan fingerprint density at radius 1 is 1.30 bits per heavy atom. The first-order valence-corrected chi connectivity index (χ1v) is 11.2. The third-order valence-electron chi connectivity index (χ3n) is 7.26. The first kappa shape index (κ1) is 21.0. The number of nitrogens with two attached hydrogens (primary N) is 1. The number of allylic oxidation sites excluding steroid dienone is 2. The van der Waals surface area contributed by atoms with Crippen molar-refractivity contribution < 1.29 is 9.53 Å². The molecule has 3 aliphatic rings. The van der Waals surface area contributed by atoms with Gasteiger partial charge in [0, 0.05) is 24.4 Å². The highest BCUT2D eigenvalue weighted by Gasteiger charge is 2.45. The number of rotatable bonds is 5. The van der Waals surface area contributed by atoms with Crippen LogP contribution in [0.15, 0.2) is 23.5 Å². The quantitative estimate of drug-likeness (QED) is 0.721. The van der Waals surface area contributed by atoms with Crippen LogP contribution in [-0.2, 0) is 4.79 Å². The number of likely N-dealkylation sites (tertiary alicyclic amines) is 1. The van der Waals surface area contributed by atoms with Crippen molar-refractivity contribution in [3.63, 3.8) is 0 Å². The van der Waals surface area contributed by atoms with Gasteiger partial charge in [0.1, 0.15) is 11.9 Å². The van der Waals surface area contributed by atoms with Crippen molar-refractivity contribution in [3.8, 4) is 6.01 Å². The molecule has 162 valence electrons. The van der Waals surface area contributed by atoms with Gasteiger partial charge in [-0.1, -0.05) is 6.42 Å². The van der Waals surface area contributed by atoms with E-state index in [9.17, 15) is 4.79 Å². The van der Waals surface area contributed by atoms with Gasteiger partial charge in [-0.15, -0.1) is 0 Å². The smallest absolute Gasteiger partial charge is 0.317 e. The maximum absolute atomic E-state index is 12.8. The molecule has 1 aromatic heterocycles. The van der Waals surface area contributed by atoms with Crippen molar-refractivity contribution in [3.05, 3.63) is 29.2 Å². The largest absolute Gasteiger partial charge is 0.459 e. The van der Waals surface area contributed by atoms with Gasteiger partial charge in [0.2, 0.25) is 0 Å². The summed E-state index contributed by atoms with van der Waals surface area (Å²) >= 11 is 0. The van der Waals surface area contributed by atoms with E-state index in [0.29, 0.717) is 42.0 Å². The van der Waals surface area contributed by atoms with Gasteiger partial charge in [-0.25, -0.2) is 4.98 Å². The molecule has 2 heterocycles. The van der Waals surface area contributed by atoms with Gasteiger partial charge in [0.05, 0.1) is 16.8 Å². The standard InChI is InChI=1S/C23H33N5O2/c1-15(18-8-6-14-28(18)2)30-22-26-13-10-17(27-22)20(24)16-7-5-12-23(21(16)25)11-4-3-9-19(23)29/h10,13,15,18,24H,3-9,11-12,14,25H2,1-2H3/t15-,18-,23?/m0/s1. The molecule has 0 amide bonds. The van der Waals surface area contributed by atoms with E-state index in [0.717, 1.165) is 50.6 Å². The minimum atomic E-state index is -0.563. The number of carbonyl (C=O) groups excluding carboxylic acids is 1. The Balaban J connectivity index is 1.56. The SMILES string of the molecule is C[C@H](Oc1nccc(C(=N)C2=C(N)C3(CCCCC3=O)CCC2)n1)[C@@H]1CCCN1C. The van der Waals surface area contributed by atoms with Crippen molar-refractivity contribution >= 4 is 11.5 Å². The van der Waals surface area contributed by atoms with Gasteiger partial charge in [-0.05, 0) is 77.1 Å². The first-order valence-electron chi connectivity index (χ1n) is 11.2. The summed E-state index contributed by atoms with van der Waals surface area (Å²) in [5, 5.41) is 8.80. The fourth-order valence-corrected chi connectivity index (χ4v) is 5.49. The Morgan fingerprint density at radius 3 is 2.83 bits per heavy atom. The molecule has 7 nitrogen and oxygen atoms in total. The van der Waals surface area contributed by atoms with E-state index in [4.69, 9.17) is 15.9 Å². The molecular weight excluding hydrogens is 378 g/mol. The van der Waals surface area contributed by atoms with Gasteiger partial charge in [-0.3, -0.25) is 15.1 Å². The molecule has 0 radical (unpaired) electrons. The maximum atomic E-state index is 12.8. The molecule has 3 N–H and O–H groups in total. The zero-order valence-electron chi connectivity index (χ0n) is 18.1. The van der Waals surface area contributed by atoms with Crippen LogP contribution in [0.4, 0.5) is 0 Å². The Labute approximate surface area is 178 Å². The van der Waals surface area contributed by atoms with Crippen molar-refractivity contribution in [1.82, 2.24) is 14.9 Å². The fourth-order valence-electron chi connectivity index (χ4n) is 5.49. The molecule has 2 aliphatic carbocycles. The number of Topliss-reactive ketones (excluding diaryl/α,β-unsaturated/α-hetero) is 1. The molecule has 1 saturated heterocycles. The molecule has 1 saturated carbocycles. The summed E-state index contributed by atoms with van der Waals surface area (Å²) < 4.78 is 6.04. The number of hydrogen-bond donors (Lipinski definition) is 2. The molecule has 4 rings (SSSR count). The van der Waals surface area contributed by atoms with E-state index in [1.54, 1.807) is 12.3 Å². The summed E-state index contributed by atoms with van der Waals surface area (Å²) in [5.74, 6) is 0.248. The molecule has 30 heavy (non-hydrogen) atoms. The summed E-state index contributed by atoms with van der Waals surface area (Å²) in [6.45, 7) is 3.13. The van der Waals surface area contributed by atoms with E-state index in [1.165, 1.54) is 6.42 Å². The zero-order chi connectivity index (χ0) is 21.3. The molecular formula is C23H33N5O2. The lowest BCUT2D eigenvalue weighted by Gasteiger charge is -2.40. The van der Waals surface area contributed by atoms with Crippen LogP contribution in [0.3, 0.4) is 0 Å². The van der Waals surface area contributed by atoms with E-state index in [-0.39, 0.29) is 11.9 Å². The second kappa shape index (κ2) is 8.46. The summed E-state index contributed by atoms with van der Waals surface area (Å²) in [6.07, 6.45) is 9.65. The van der Waals surface area contributed by atoms with Gasteiger partial charge in [-0.2, -0.15) is 4.98 Å². The number of carbonyl (C=O) groups is 1. The lowest BCUT2D eigenvalue weighted by Crippen LogP contribution is -2.42. The maximum Gasteiger partial charge on any atom is 0.317 e. The van der Waals surface area contributed by atoms with Crippen molar-refractivity contribution in [2.45, 2.75) is 76.9 Å². The third kappa shape index (κ3) is 3.75. The Hall–Kier alpha value is -2.28. The number of hydrogen-bond acceptors (Lipinski definition) is 7. The minimum absolute atomic E-state index is 0.0240. The van der Waals surface area contributed by atoms with Crippen molar-refractivity contribution in [1.29, 1.82) is 5.41 Å². The molecule has 7 heteroatoms. The fraction of sp³-hybridized carbons (Fsp3) is 0.652. The van der Waals surface area contributed by atoms with E-state index in [1.807, 2.05) is 6.92 Å². The summed E-state index contributed by atoms with van der Waals surface area (Å²) in [6, 6.07) is 2.38. The van der Waals surface area contributed by atoms with Gasteiger partial charge >= 0.3 is 6.01 Å². The van der Waals surface area contributed by atoms with Crippen molar-refractivity contribution in [2.75, 3.05) is 13.6 Å². The predicted octanol–water partition coefficient (Wildman–Crippen LogP) is 3.23. The molecule has 3 atom stereocenters. The molecule has 1 aromatic rings. The highest BCUT2D eigenvalue weighted by Crippen LogP contribution is 2.47. The molecule has 0 bridgehead atoms. The number of likely N-dealkylation sites (N-methyl/N-ethyl adjacent to an activating group) is 1. The van der Waals surface area contributed by atoms with E-state index < -0.39 is 5.41 Å². The lowest BCUT2D eigenvalue weighted by molar-refractivity contribution is -0.129. The Bertz CT molecular complexity index is 867. The highest BCUT2D eigenvalue weighted by molar-refractivity contribution is 6.10. The van der Waals surface area contributed by atoms with Crippen molar-refractivity contribution in [2.24, 2.45) is 11.1 Å². The topological polar surface area (TPSA) is 105 Å². The lowest BCUT2D eigenvalue weighted by atomic mass is 9.63. The average Bonchev–Trinajstić information content (AvgIpc) is 3.18. The summed E-state index contributed by atoms with van der Waals surface area (Å²) in [7, 11) is 2.12. The van der Waals surface area contributed by atoms with Crippen LogP contribution in [0.2, 0.25) is 0 Å². The highest BCUT2D eigenvalue weighted by atomic mass is 16.5. The molecule has 1 spiro atoms. The molecule has 1 aliphatic heterocycles. The van der Waals surface area contributed by atoms with Crippen LogP contribution in [0, 0.1) is 10.8 Å². The second-order valence-electron chi connectivity index (χ2n) is 9.07. The van der Waals surface area contributed by atoms with E-state index >= 15 is 0 Å². The minimum Gasteiger partial charge on any atom is -0.459 e. The Kier molecular flexibility index (Phi) is 5.91. The van der Waals surface area contributed by atoms with Crippen LogP contribution in [-0.4, -0.2) is 52.1 Å². The molecule has 2 fully saturated rings. The number of nitrogens with one attached hydrogen (secondary N) is 1. The second-order valence-corrected chi connectivity index (χ2v) is 9.07. The molecule has 0 aromatic carbocycles. The van der Waals surface area contributed by atoms with Gasteiger partial charge in [0.15, 0.2) is 0 Å². The third-order valence-corrected chi connectivity index (χ3v) is 7.26. The number of ketones is 1. The van der Waals surface area contributed by atoms with E-state index in [2.05, 4.69) is 21.9 Å². The van der Waals surface area contributed by atoms with Gasteiger partial charge < -0.3 is 10.5 Å². The van der Waals surface area contributed by atoms with Crippen LogP contribution in [0.5, 0.6) is 6.01 Å². The van der Waals surface area contributed by atoms with Crippen LogP contribution in [0.1, 0.15) is 70.4 Å². The normalized spacial score (nSPS) is 28.7. The van der Waals surface area contributed by atoms with Crippen LogP contribution < -0.4 is 10.5 Å². The molecule has 1 unspecified atom stereocenters. The number of nitrogens with zero attached hydrogens (tertiary/aromatic N) is 3. The van der Waals surface area contributed by atoms with Crippen LogP contribution >= 0.6 is 0 Å². The Morgan fingerprint density at radius 2 is 2.10 bits per heavy atom. The summed E-state index contributed by atoms with van der Waals surface area (Å²) in [4.78, 5) is 23.9. The van der Waals surface area contributed by atoms with Crippen LogP contribution in [0.25, 0.3) is 0 Å². The summed E-state index contributed by atoms with van der Waals surface area (Å²) in [5.41, 5.74) is 8.18. The first-order chi connectivity index (χ1) is 14.4. The number of aromatic nitrogens is 2.